The maximum Gasteiger partial charge on any atom is 0.165 e. The van der Waals surface area contributed by atoms with Gasteiger partial charge < -0.3 is 10.1 Å². The van der Waals surface area contributed by atoms with Crippen molar-refractivity contribution in [1.82, 2.24) is 15.1 Å². The van der Waals surface area contributed by atoms with Gasteiger partial charge in [-0.3, -0.25) is 4.68 Å². The van der Waals surface area contributed by atoms with Gasteiger partial charge in [0, 0.05) is 25.4 Å². The molecule has 4 nitrogen and oxygen atoms in total. The molecule has 0 aliphatic heterocycles. The summed E-state index contributed by atoms with van der Waals surface area (Å²) in [5.41, 5.74) is 1.83. The summed E-state index contributed by atoms with van der Waals surface area (Å²) in [5, 5.41) is 7.19. The minimum atomic E-state index is -0.334. The lowest BCUT2D eigenvalue weighted by Crippen LogP contribution is -2.11. The third-order valence-corrected chi connectivity index (χ3v) is 2.73. The Bertz CT molecular complexity index is 539. The predicted molar refractivity (Wildman–Crippen MR) is 71.3 cm³/mol. The minimum Gasteiger partial charge on any atom is -0.486 e. The maximum atomic E-state index is 13.8. The van der Waals surface area contributed by atoms with Crippen LogP contribution in [-0.4, -0.2) is 16.3 Å². The number of aryl methyl sites for hydroxylation is 1. The van der Waals surface area contributed by atoms with Crippen molar-refractivity contribution in [1.29, 1.82) is 0 Å². The van der Waals surface area contributed by atoms with Crippen molar-refractivity contribution in [3.63, 3.8) is 0 Å². The number of aromatic nitrogens is 2. The average Bonchev–Trinajstić information content (AvgIpc) is 2.81. The molecule has 102 valence electrons. The van der Waals surface area contributed by atoms with Crippen molar-refractivity contribution >= 4 is 0 Å². The van der Waals surface area contributed by atoms with Crippen LogP contribution in [0.3, 0.4) is 0 Å². The van der Waals surface area contributed by atoms with E-state index in [0.717, 1.165) is 17.7 Å². The number of nitrogens with one attached hydrogen (secondary N) is 1. The first-order chi connectivity index (χ1) is 9.19. The Balaban J connectivity index is 1.96. The number of halogens is 1. The van der Waals surface area contributed by atoms with Crippen molar-refractivity contribution in [2.24, 2.45) is 7.05 Å². The summed E-state index contributed by atoms with van der Waals surface area (Å²) in [6.07, 6.45) is 3.55. The van der Waals surface area contributed by atoms with Crippen LogP contribution in [0.4, 0.5) is 4.39 Å². The van der Waals surface area contributed by atoms with Crippen LogP contribution >= 0.6 is 0 Å². The predicted octanol–water partition coefficient (Wildman–Crippen LogP) is 2.25. The Morgan fingerprint density at radius 1 is 1.37 bits per heavy atom. The van der Waals surface area contributed by atoms with Crippen LogP contribution in [0.2, 0.25) is 0 Å². The summed E-state index contributed by atoms with van der Waals surface area (Å²) in [4.78, 5) is 0. The fraction of sp³-hybridized carbons (Fsp3) is 0.357. The largest absolute Gasteiger partial charge is 0.486 e. The normalized spacial score (nSPS) is 10.7. The van der Waals surface area contributed by atoms with E-state index >= 15 is 0 Å². The monoisotopic (exact) mass is 263 g/mol. The lowest BCUT2D eigenvalue weighted by atomic mass is 10.2. The van der Waals surface area contributed by atoms with Gasteiger partial charge in [-0.15, -0.1) is 0 Å². The van der Waals surface area contributed by atoms with Crippen molar-refractivity contribution in [2.75, 3.05) is 6.54 Å². The molecule has 0 bridgehead atoms. The van der Waals surface area contributed by atoms with Crippen LogP contribution in [0, 0.1) is 5.82 Å². The highest BCUT2D eigenvalue weighted by molar-refractivity contribution is 5.29. The van der Waals surface area contributed by atoms with E-state index in [1.165, 1.54) is 6.07 Å². The fourth-order valence-corrected chi connectivity index (χ4v) is 1.75. The van der Waals surface area contributed by atoms with E-state index in [1.54, 1.807) is 16.9 Å². The molecule has 0 fully saturated rings. The Morgan fingerprint density at radius 2 is 2.21 bits per heavy atom. The van der Waals surface area contributed by atoms with Crippen LogP contribution in [0.5, 0.6) is 5.75 Å². The molecule has 0 radical (unpaired) electrons. The topological polar surface area (TPSA) is 39.1 Å². The van der Waals surface area contributed by atoms with Crippen LogP contribution in [0.1, 0.15) is 18.1 Å². The fourth-order valence-electron chi connectivity index (χ4n) is 1.75. The second kappa shape index (κ2) is 6.33. The first-order valence-electron chi connectivity index (χ1n) is 6.28. The van der Waals surface area contributed by atoms with Crippen molar-refractivity contribution in [2.45, 2.75) is 20.1 Å². The van der Waals surface area contributed by atoms with Gasteiger partial charge in [0.2, 0.25) is 0 Å². The van der Waals surface area contributed by atoms with Gasteiger partial charge in [-0.1, -0.05) is 13.0 Å². The molecule has 5 heteroatoms. The number of hydrogen-bond acceptors (Lipinski definition) is 3. The highest BCUT2D eigenvalue weighted by Gasteiger charge is 2.05. The average molecular weight is 263 g/mol. The number of benzene rings is 1. The number of nitrogens with zero attached hydrogens (tertiary/aromatic N) is 2. The zero-order valence-corrected chi connectivity index (χ0v) is 11.2. The number of rotatable bonds is 6. The maximum absolute atomic E-state index is 13.8. The lowest BCUT2D eigenvalue weighted by Gasteiger charge is -2.08. The quantitative estimate of drug-likeness (QED) is 0.868. The molecule has 0 aliphatic carbocycles. The molecule has 1 aromatic carbocycles. The first-order valence-corrected chi connectivity index (χ1v) is 6.28. The molecule has 0 saturated heterocycles. The highest BCUT2D eigenvalue weighted by Crippen LogP contribution is 2.19. The third kappa shape index (κ3) is 3.79. The minimum absolute atomic E-state index is 0.268. The van der Waals surface area contributed by atoms with Gasteiger partial charge in [-0.25, -0.2) is 4.39 Å². The smallest absolute Gasteiger partial charge is 0.165 e. The molecule has 1 aromatic heterocycles. The molecule has 2 aromatic rings. The Hall–Kier alpha value is -1.88. The second-order valence-corrected chi connectivity index (χ2v) is 4.36. The molecule has 0 atom stereocenters. The number of ether oxygens (including phenoxy) is 1. The molecule has 0 amide bonds. The van der Waals surface area contributed by atoms with Gasteiger partial charge in [-0.2, -0.15) is 5.10 Å². The van der Waals surface area contributed by atoms with E-state index in [4.69, 9.17) is 4.74 Å². The van der Waals surface area contributed by atoms with Gasteiger partial charge in [0.1, 0.15) is 6.61 Å². The first kappa shape index (κ1) is 13.5. The van der Waals surface area contributed by atoms with E-state index < -0.39 is 0 Å². The highest BCUT2D eigenvalue weighted by atomic mass is 19.1. The van der Waals surface area contributed by atoms with Gasteiger partial charge in [0.05, 0.1) is 6.20 Å². The van der Waals surface area contributed by atoms with E-state index in [0.29, 0.717) is 13.2 Å². The van der Waals surface area contributed by atoms with E-state index in [-0.39, 0.29) is 11.6 Å². The lowest BCUT2D eigenvalue weighted by molar-refractivity contribution is 0.290. The van der Waals surface area contributed by atoms with E-state index in [9.17, 15) is 4.39 Å². The molecule has 0 saturated carbocycles. The van der Waals surface area contributed by atoms with Crippen LogP contribution in [0.25, 0.3) is 0 Å². The van der Waals surface area contributed by atoms with Crippen molar-refractivity contribution in [3.8, 4) is 5.75 Å². The van der Waals surface area contributed by atoms with E-state index in [2.05, 4.69) is 10.4 Å². The summed E-state index contributed by atoms with van der Waals surface area (Å²) in [6, 6.07) is 5.03. The third-order valence-electron chi connectivity index (χ3n) is 2.73. The van der Waals surface area contributed by atoms with Crippen LogP contribution in [-0.2, 0) is 20.2 Å². The summed E-state index contributed by atoms with van der Waals surface area (Å²) < 4.78 is 20.9. The molecular weight excluding hydrogens is 245 g/mol. The Morgan fingerprint density at radius 3 is 2.84 bits per heavy atom. The van der Waals surface area contributed by atoms with Gasteiger partial charge in [0.15, 0.2) is 11.6 Å². The number of hydrogen-bond donors (Lipinski definition) is 1. The second-order valence-electron chi connectivity index (χ2n) is 4.36. The zero-order chi connectivity index (χ0) is 13.7. The molecule has 2 rings (SSSR count). The standard InChI is InChI=1S/C14H18FN3O/c1-3-16-7-11-4-5-14(13(15)6-11)19-10-12-8-17-18(2)9-12/h4-6,8-9,16H,3,7,10H2,1-2H3. The van der Waals surface area contributed by atoms with Gasteiger partial charge >= 0.3 is 0 Å². The van der Waals surface area contributed by atoms with Crippen LogP contribution in [0.15, 0.2) is 30.6 Å². The molecular formula is C14H18FN3O. The van der Waals surface area contributed by atoms with Crippen LogP contribution < -0.4 is 10.1 Å². The van der Waals surface area contributed by atoms with Crippen molar-refractivity contribution in [3.05, 3.63) is 47.5 Å². The summed E-state index contributed by atoms with van der Waals surface area (Å²) in [5.74, 6) is -0.0663. The summed E-state index contributed by atoms with van der Waals surface area (Å²) in [6.45, 7) is 3.86. The van der Waals surface area contributed by atoms with Crippen molar-refractivity contribution < 1.29 is 9.13 Å². The molecule has 1 N–H and O–H groups in total. The Labute approximate surface area is 112 Å². The van der Waals surface area contributed by atoms with E-state index in [1.807, 2.05) is 26.2 Å². The molecule has 0 aliphatic rings. The van der Waals surface area contributed by atoms with Gasteiger partial charge in [-0.05, 0) is 24.2 Å². The SMILES string of the molecule is CCNCc1ccc(OCc2cnn(C)c2)c(F)c1. The molecule has 0 spiro atoms. The zero-order valence-electron chi connectivity index (χ0n) is 11.2. The molecule has 0 unspecified atom stereocenters. The summed E-state index contributed by atoms with van der Waals surface area (Å²) >= 11 is 0. The van der Waals surface area contributed by atoms with Gasteiger partial charge in [0.25, 0.3) is 0 Å². The Kier molecular flexibility index (Phi) is 4.52. The molecule has 1 heterocycles. The summed E-state index contributed by atoms with van der Waals surface area (Å²) in [7, 11) is 1.83. The molecule has 19 heavy (non-hydrogen) atoms.